The van der Waals surface area contributed by atoms with E-state index < -0.39 is 6.09 Å². The van der Waals surface area contributed by atoms with Gasteiger partial charge < -0.3 is 15.0 Å². The van der Waals surface area contributed by atoms with Gasteiger partial charge in [0.05, 0.1) is 18.7 Å². The fourth-order valence-corrected chi connectivity index (χ4v) is 3.08. The second-order valence-corrected chi connectivity index (χ2v) is 5.50. The Bertz CT molecular complexity index is 608. The minimum atomic E-state index is -0.413. The molecule has 0 spiro atoms. The van der Waals surface area contributed by atoms with E-state index in [0.717, 1.165) is 43.7 Å². The summed E-state index contributed by atoms with van der Waals surface area (Å²) in [6.45, 7) is 1.45. The van der Waals surface area contributed by atoms with Crippen molar-refractivity contribution < 1.29 is 9.53 Å². The third-order valence-corrected chi connectivity index (χ3v) is 4.15. The number of carbonyl (C=O) groups excluding carboxylic acids is 1. The molecule has 110 valence electrons. The highest BCUT2D eigenvalue weighted by Gasteiger charge is 2.28. The number of pyridine rings is 1. The normalized spacial score (nSPS) is 20.0. The van der Waals surface area contributed by atoms with E-state index in [-0.39, 0.29) is 6.04 Å². The summed E-state index contributed by atoms with van der Waals surface area (Å²) < 4.78 is 4.62. The zero-order chi connectivity index (χ0) is 14.8. The maximum absolute atomic E-state index is 11.3. The molecule has 1 atom stereocenters. The highest BCUT2D eigenvalue weighted by Crippen LogP contribution is 2.28. The van der Waals surface area contributed by atoms with Gasteiger partial charge in [-0.3, -0.25) is 0 Å². The SMILES string of the molecule is COC(=O)NC1CCN(c2nc3c(cc2C#N)CCC3)C1. The van der Waals surface area contributed by atoms with Crippen molar-refractivity contribution >= 4 is 11.9 Å². The predicted molar refractivity (Wildman–Crippen MR) is 77.1 cm³/mol. The predicted octanol–water partition coefficient (Wildman–Crippen LogP) is 1.38. The lowest BCUT2D eigenvalue weighted by atomic mass is 10.1. The number of alkyl carbamates (subject to hydrolysis) is 1. The standard InChI is InChI=1S/C15H18N4O2/c1-21-15(20)17-12-5-6-19(9-12)14-11(8-16)7-10-3-2-4-13(10)18-14/h7,12H,2-6,9H2,1H3,(H,17,20). The summed E-state index contributed by atoms with van der Waals surface area (Å²) in [6.07, 6.45) is 3.54. The Labute approximate surface area is 123 Å². The summed E-state index contributed by atoms with van der Waals surface area (Å²) in [7, 11) is 1.36. The van der Waals surface area contributed by atoms with E-state index in [1.54, 1.807) is 0 Å². The van der Waals surface area contributed by atoms with Crippen LogP contribution in [0.5, 0.6) is 0 Å². The lowest BCUT2D eigenvalue weighted by Crippen LogP contribution is -2.37. The maximum Gasteiger partial charge on any atom is 0.407 e. The van der Waals surface area contributed by atoms with E-state index in [2.05, 4.69) is 21.0 Å². The van der Waals surface area contributed by atoms with Crippen LogP contribution in [-0.4, -0.2) is 37.3 Å². The molecule has 3 rings (SSSR count). The second-order valence-electron chi connectivity index (χ2n) is 5.50. The molecule has 6 heteroatoms. The van der Waals surface area contributed by atoms with Gasteiger partial charge in [0, 0.05) is 18.8 Å². The smallest absolute Gasteiger partial charge is 0.407 e. The van der Waals surface area contributed by atoms with Crippen LogP contribution in [0.15, 0.2) is 6.07 Å². The Kier molecular flexibility index (Phi) is 3.65. The molecule has 1 aromatic rings. The third-order valence-electron chi connectivity index (χ3n) is 4.15. The van der Waals surface area contributed by atoms with Gasteiger partial charge in [-0.15, -0.1) is 0 Å². The first-order valence-electron chi connectivity index (χ1n) is 7.23. The lowest BCUT2D eigenvalue weighted by Gasteiger charge is -2.20. The Morgan fingerprint density at radius 3 is 3.19 bits per heavy atom. The molecule has 21 heavy (non-hydrogen) atoms. The third kappa shape index (κ3) is 2.64. The number of amides is 1. The minimum Gasteiger partial charge on any atom is -0.453 e. The molecule has 0 radical (unpaired) electrons. The molecule has 1 aromatic heterocycles. The van der Waals surface area contributed by atoms with Crippen LogP contribution in [0.25, 0.3) is 0 Å². The average molecular weight is 286 g/mol. The Hall–Kier alpha value is -2.29. The first-order valence-corrected chi connectivity index (χ1v) is 7.23. The van der Waals surface area contributed by atoms with Crippen molar-refractivity contribution in [2.45, 2.75) is 31.7 Å². The molecular weight excluding hydrogens is 268 g/mol. The number of aromatic nitrogens is 1. The van der Waals surface area contributed by atoms with Gasteiger partial charge in [0.1, 0.15) is 11.9 Å². The highest BCUT2D eigenvalue weighted by atomic mass is 16.5. The van der Waals surface area contributed by atoms with E-state index >= 15 is 0 Å². The lowest BCUT2D eigenvalue weighted by molar-refractivity contribution is 0.167. The van der Waals surface area contributed by atoms with Crippen molar-refractivity contribution in [2.75, 3.05) is 25.1 Å². The summed E-state index contributed by atoms with van der Waals surface area (Å²) in [5.41, 5.74) is 2.96. The second kappa shape index (κ2) is 5.60. The van der Waals surface area contributed by atoms with Crippen LogP contribution in [-0.2, 0) is 17.6 Å². The summed E-state index contributed by atoms with van der Waals surface area (Å²) in [6, 6.07) is 4.27. The number of aryl methyl sites for hydroxylation is 2. The molecule has 1 N–H and O–H groups in total. The molecule has 1 aliphatic carbocycles. The molecule has 0 aromatic carbocycles. The number of ether oxygens (including phenoxy) is 1. The van der Waals surface area contributed by atoms with E-state index in [1.807, 2.05) is 6.07 Å². The van der Waals surface area contributed by atoms with Crippen molar-refractivity contribution in [2.24, 2.45) is 0 Å². The zero-order valence-corrected chi connectivity index (χ0v) is 12.1. The molecule has 1 amide bonds. The first-order chi connectivity index (χ1) is 10.2. The van der Waals surface area contributed by atoms with E-state index in [4.69, 9.17) is 4.98 Å². The first kappa shape index (κ1) is 13.7. The minimum absolute atomic E-state index is 0.0408. The summed E-state index contributed by atoms with van der Waals surface area (Å²) >= 11 is 0. The van der Waals surface area contributed by atoms with E-state index in [9.17, 15) is 10.1 Å². The molecule has 1 fully saturated rings. The summed E-state index contributed by atoms with van der Waals surface area (Å²) in [4.78, 5) is 18.0. The molecule has 1 unspecified atom stereocenters. The number of nitrogens with one attached hydrogen (secondary N) is 1. The molecule has 6 nitrogen and oxygen atoms in total. The summed E-state index contributed by atoms with van der Waals surface area (Å²) in [5, 5.41) is 12.2. The summed E-state index contributed by atoms with van der Waals surface area (Å²) in [5.74, 6) is 0.757. The van der Waals surface area contributed by atoms with E-state index in [0.29, 0.717) is 12.1 Å². The zero-order valence-electron chi connectivity index (χ0n) is 12.1. The van der Waals surface area contributed by atoms with Crippen molar-refractivity contribution in [3.63, 3.8) is 0 Å². The largest absolute Gasteiger partial charge is 0.453 e. The van der Waals surface area contributed by atoms with E-state index in [1.165, 1.54) is 12.7 Å². The van der Waals surface area contributed by atoms with Gasteiger partial charge in [-0.2, -0.15) is 5.26 Å². The number of anilines is 1. The number of nitriles is 1. The number of hydrogen-bond donors (Lipinski definition) is 1. The number of nitrogens with zero attached hydrogens (tertiary/aromatic N) is 3. The van der Waals surface area contributed by atoms with Crippen LogP contribution in [0.2, 0.25) is 0 Å². The van der Waals surface area contributed by atoms with Crippen LogP contribution in [0, 0.1) is 11.3 Å². The van der Waals surface area contributed by atoms with Crippen LogP contribution in [0.1, 0.15) is 29.7 Å². The highest BCUT2D eigenvalue weighted by molar-refractivity contribution is 5.67. The molecule has 1 aliphatic heterocycles. The Morgan fingerprint density at radius 1 is 1.57 bits per heavy atom. The van der Waals surface area contributed by atoms with Gasteiger partial charge in [-0.05, 0) is 37.3 Å². The number of rotatable bonds is 2. The van der Waals surface area contributed by atoms with Gasteiger partial charge in [-0.25, -0.2) is 9.78 Å². The molecular formula is C15H18N4O2. The van der Waals surface area contributed by atoms with Crippen molar-refractivity contribution in [3.8, 4) is 6.07 Å². The average Bonchev–Trinajstić information content (AvgIpc) is 3.13. The molecule has 0 saturated carbocycles. The topological polar surface area (TPSA) is 78.2 Å². The van der Waals surface area contributed by atoms with Crippen molar-refractivity contribution in [1.82, 2.24) is 10.3 Å². The van der Waals surface area contributed by atoms with Gasteiger partial charge in [0.15, 0.2) is 0 Å². The van der Waals surface area contributed by atoms with Gasteiger partial charge >= 0.3 is 6.09 Å². The maximum atomic E-state index is 11.3. The molecule has 2 aliphatic rings. The molecule has 0 bridgehead atoms. The number of fused-ring (bicyclic) bond motifs is 1. The number of methoxy groups -OCH3 is 1. The van der Waals surface area contributed by atoms with Crippen LogP contribution >= 0.6 is 0 Å². The number of hydrogen-bond acceptors (Lipinski definition) is 5. The van der Waals surface area contributed by atoms with Gasteiger partial charge in [0.25, 0.3) is 0 Å². The Morgan fingerprint density at radius 2 is 2.43 bits per heavy atom. The molecule has 1 saturated heterocycles. The quantitative estimate of drug-likeness (QED) is 0.888. The van der Waals surface area contributed by atoms with Crippen molar-refractivity contribution in [3.05, 3.63) is 22.9 Å². The van der Waals surface area contributed by atoms with Gasteiger partial charge in [-0.1, -0.05) is 0 Å². The monoisotopic (exact) mass is 286 g/mol. The Balaban J connectivity index is 1.79. The molecule has 2 heterocycles. The van der Waals surface area contributed by atoms with Gasteiger partial charge in [0.2, 0.25) is 0 Å². The van der Waals surface area contributed by atoms with Crippen molar-refractivity contribution in [1.29, 1.82) is 5.26 Å². The fraction of sp³-hybridized carbons (Fsp3) is 0.533. The number of carbonyl (C=O) groups is 1. The van der Waals surface area contributed by atoms with Crippen LogP contribution < -0.4 is 10.2 Å². The fourth-order valence-electron chi connectivity index (χ4n) is 3.08. The van der Waals surface area contributed by atoms with Crippen LogP contribution in [0.3, 0.4) is 0 Å². The van der Waals surface area contributed by atoms with Crippen LogP contribution in [0.4, 0.5) is 10.6 Å².